The summed E-state index contributed by atoms with van der Waals surface area (Å²) in [6.45, 7) is 8.48. The fourth-order valence-corrected chi connectivity index (χ4v) is 9.26. The van der Waals surface area contributed by atoms with E-state index in [-0.39, 0.29) is 32.6 Å². The Kier molecular flexibility index (Phi) is 9.85. The van der Waals surface area contributed by atoms with Crippen LogP contribution in [0.15, 0.2) is 169 Å². The number of aryl methyl sites for hydroxylation is 4. The van der Waals surface area contributed by atoms with Gasteiger partial charge < -0.3 is 19.3 Å². The number of nitrogens with zero attached hydrogens (tertiary/aromatic N) is 4. The molecule has 3 aromatic heterocycles. The van der Waals surface area contributed by atoms with Crippen LogP contribution in [0.5, 0.6) is 11.5 Å². The molecule has 7 heteroatoms. The molecule has 0 spiro atoms. The number of hydrogen-bond acceptors (Lipinski definition) is 4. The molecule has 0 aliphatic carbocycles. The summed E-state index contributed by atoms with van der Waals surface area (Å²) < 4.78 is 4.50. The van der Waals surface area contributed by atoms with E-state index >= 15 is 0 Å². The third-order valence-electron chi connectivity index (χ3n) is 12.2. The number of hydrogen-bond donors (Lipinski definition) is 2. The van der Waals surface area contributed by atoms with Crippen molar-refractivity contribution in [1.29, 1.82) is 0 Å². The van der Waals surface area contributed by atoms with Crippen LogP contribution in [0.25, 0.3) is 88.1 Å². The fraction of sp³-hybridized carbons (Fsp3) is 0.0714. The first kappa shape index (κ1) is 39.8. The minimum absolute atomic E-state index is 0. The van der Waals surface area contributed by atoms with Crippen LogP contribution in [0.3, 0.4) is 0 Å². The van der Waals surface area contributed by atoms with Gasteiger partial charge >= 0.3 is 0 Å². The van der Waals surface area contributed by atoms with E-state index in [1.807, 2.05) is 72.8 Å². The molecule has 8 aromatic carbocycles. The molecular weight excluding hydrogens is 956 g/mol. The maximum Gasteiger partial charge on any atom is 0.127 e. The largest absolute Gasteiger partial charge is 0.507 e. The van der Waals surface area contributed by atoms with Crippen molar-refractivity contribution in [3.8, 4) is 45.3 Å². The van der Waals surface area contributed by atoms with Crippen LogP contribution in [-0.4, -0.2) is 30.5 Å². The Bertz CT molecular complexity index is 3540. The number of benzene rings is 8. The smallest absolute Gasteiger partial charge is 0.127 e. The van der Waals surface area contributed by atoms with E-state index in [0.29, 0.717) is 28.0 Å². The van der Waals surface area contributed by atoms with Crippen LogP contribution in [0.1, 0.15) is 27.9 Å². The topological polar surface area (TPSA) is 75.6 Å². The van der Waals surface area contributed by atoms with Crippen LogP contribution < -0.4 is 0 Å². The van der Waals surface area contributed by atoms with Gasteiger partial charge in [0, 0.05) is 65.3 Å². The molecule has 3 heterocycles. The van der Waals surface area contributed by atoms with Crippen molar-refractivity contribution in [3.05, 3.63) is 192 Å². The summed E-state index contributed by atoms with van der Waals surface area (Å²) in [5.74, 6) is 0.272. The van der Waals surface area contributed by atoms with Gasteiger partial charge in [0.05, 0.1) is 56.4 Å². The number of aromatic nitrogens is 3. The molecule has 0 radical (unpaired) electrons. The predicted molar refractivity (Wildman–Crippen MR) is 257 cm³/mol. The minimum Gasteiger partial charge on any atom is -0.507 e. The van der Waals surface area contributed by atoms with Crippen LogP contribution in [0, 0.1) is 27.7 Å². The van der Waals surface area contributed by atoms with Crippen molar-refractivity contribution in [3.63, 3.8) is 0 Å². The molecule has 0 aliphatic rings. The van der Waals surface area contributed by atoms with Crippen molar-refractivity contribution in [2.24, 2.45) is 4.99 Å². The second-order valence-electron chi connectivity index (χ2n) is 16.5. The first-order valence-corrected chi connectivity index (χ1v) is 20.9. The summed E-state index contributed by atoms with van der Waals surface area (Å²) in [5.41, 5.74) is 15.4. The second-order valence-corrected chi connectivity index (χ2v) is 16.5. The number of fused-ring (bicyclic) bond motifs is 7. The number of pyridine rings is 1. The summed E-state index contributed by atoms with van der Waals surface area (Å²) in [5, 5.41) is 29.6. The number of rotatable bonds is 6. The molecule has 11 rings (SSSR count). The number of phenolic OH excluding ortho intramolecular Hbond substituents is 2. The van der Waals surface area contributed by atoms with Crippen LogP contribution in [-0.2, 0) is 21.1 Å². The Hall–Kier alpha value is -7.27. The standard InChI is InChI=1S/C56H42N4O2.Pt/c1-33-13-19-50-43(25-33)44-26-34(2)14-20-51(44)59(50)40-17-18-41(55(62)31-40)48-30-38(37-9-6-5-7-10-37)29-39(58-48)32-57-47-12-8-11-42-49(23-24-54(61)56(42)47)60-52-21-15-35(3)27-45(52)46-28-36(4)16-22-53(46)60;/h5-32,61-62H,1-4H3;. The first-order valence-electron chi connectivity index (χ1n) is 20.9. The van der Waals surface area contributed by atoms with Gasteiger partial charge in [-0.05, 0) is 130 Å². The van der Waals surface area contributed by atoms with Crippen molar-refractivity contribution >= 4 is 66.3 Å². The third kappa shape index (κ3) is 6.79. The van der Waals surface area contributed by atoms with Gasteiger partial charge in [0.2, 0.25) is 0 Å². The van der Waals surface area contributed by atoms with Gasteiger partial charge in [0.25, 0.3) is 0 Å². The molecular formula is C56H42N4O2Pt. The van der Waals surface area contributed by atoms with Gasteiger partial charge in [-0.1, -0.05) is 89.0 Å². The van der Waals surface area contributed by atoms with E-state index in [4.69, 9.17) is 9.98 Å². The van der Waals surface area contributed by atoms with E-state index in [9.17, 15) is 10.2 Å². The average Bonchev–Trinajstić information content (AvgIpc) is 3.76. The zero-order valence-corrected chi connectivity index (χ0v) is 37.4. The summed E-state index contributed by atoms with van der Waals surface area (Å²) in [6.07, 6.45) is 1.75. The summed E-state index contributed by atoms with van der Waals surface area (Å²) in [7, 11) is 0. The molecule has 0 unspecified atom stereocenters. The fourth-order valence-electron chi connectivity index (χ4n) is 9.26. The van der Waals surface area contributed by atoms with Gasteiger partial charge in [0.1, 0.15) is 11.5 Å². The first-order chi connectivity index (χ1) is 30.2. The second kappa shape index (κ2) is 15.6. The molecule has 11 aromatic rings. The van der Waals surface area contributed by atoms with E-state index in [1.165, 1.54) is 43.8 Å². The molecule has 0 atom stereocenters. The maximum atomic E-state index is 11.8. The third-order valence-corrected chi connectivity index (χ3v) is 12.2. The van der Waals surface area contributed by atoms with Gasteiger partial charge in [-0.3, -0.25) is 4.99 Å². The maximum absolute atomic E-state index is 11.8. The Balaban J connectivity index is 0.00000471. The molecule has 308 valence electrons. The van der Waals surface area contributed by atoms with Gasteiger partial charge in [-0.15, -0.1) is 0 Å². The van der Waals surface area contributed by atoms with Crippen LogP contribution in [0.2, 0.25) is 0 Å². The van der Waals surface area contributed by atoms with Crippen molar-refractivity contribution in [2.75, 3.05) is 0 Å². The number of aromatic hydroxyl groups is 2. The quantitative estimate of drug-likeness (QED) is 0.163. The molecule has 0 saturated carbocycles. The summed E-state index contributed by atoms with van der Waals surface area (Å²) >= 11 is 0. The Morgan fingerprint density at radius 1 is 0.476 bits per heavy atom. The monoisotopic (exact) mass is 997 g/mol. The molecule has 63 heavy (non-hydrogen) atoms. The number of phenols is 2. The van der Waals surface area contributed by atoms with Crippen molar-refractivity contribution < 1.29 is 31.3 Å². The average molecular weight is 998 g/mol. The molecule has 0 amide bonds. The SMILES string of the molecule is Cc1ccc2c(c1)c1cc(C)ccc1n2-c1ccc(-c2cc(-c3ccccc3)cc(C=Nc3cccc4c(-n5c6ccc(C)cc6c6cc(C)ccc65)ccc(O)c34)n2)c(O)c1.[Pt]. The van der Waals surface area contributed by atoms with Gasteiger partial charge in [-0.2, -0.15) is 0 Å². The Morgan fingerprint density at radius 2 is 1.05 bits per heavy atom. The van der Waals surface area contributed by atoms with Gasteiger partial charge in [0.15, 0.2) is 0 Å². The zero-order chi connectivity index (χ0) is 42.2. The molecule has 0 saturated heterocycles. The normalized spacial score (nSPS) is 11.7. The molecule has 6 nitrogen and oxygen atoms in total. The summed E-state index contributed by atoms with van der Waals surface area (Å²) in [4.78, 5) is 10.1. The Labute approximate surface area is 379 Å². The van der Waals surface area contributed by atoms with E-state index in [1.54, 1.807) is 12.3 Å². The van der Waals surface area contributed by atoms with Crippen molar-refractivity contribution in [1.82, 2.24) is 14.1 Å². The van der Waals surface area contributed by atoms with Crippen LogP contribution in [0.4, 0.5) is 5.69 Å². The van der Waals surface area contributed by atoms with Crippen LogP contribution >= 0.6 is 0 Å². The predicted octanol–water partition coefficient (Wildman–Crippen LogP) is 14.2. The number of aliphatic imine (C=N–C) groups is 1. The molecule has 0 bridgehead atoms. The van der Waals surface area contributed by atoms with Gasteiger partial charge in [-0.25, -0.2) is 4.98 Å². The van der Waals surface area contributed by atoms with Crippen molar-refractivity contribution in [2.45, 2.75) is 27.7 Å². The molecule has 0 aliphatic heterocycles. The minimum atomic E-state index is 0. The van der Waals surface area contributed by atoms with E-state index in [2.05, 4.69) is 122 Å². The van der Waals surface area contributed by atoms with E-state index in [0.717, 1.165) is 50.0 Å². The van der Waals surface area contributed by atoms with E-state index < -0.39 is 0 Å². The zero-order valence-electron chi connectivity index (χ0n) is 35.2. The molecule has 2 N–H and O–H groups in total. The Morgan fingerprint density at radius 3 is 1.62 bits per heavy atom. The molecule has 0 fully saturated rings. The summed E-state index contributed by atoms with van der Waals surface area (Å²) in [6, 6.07) is 55.9.